The number of anilines is 1. The van der Waals surface area contributed by atoms with E-state index in [2.05, 4.69) is 15.4 Å². The van der Waals surface area contributed by atoms with E-state index in [1.165, 1.54) is 6.33 Å². The number of carbonyl (C=O) groups is 1. The van der Waals surface area contributed by atoms with Crippen molar-refractivity contribution in [2.75, 3.05) is 18.7 Å². The topological polar surface area (TPSA) is 87.5 Å². The minimum Gasteiger partial charge on any atom is -0.463 e. The number of benzene rings is 1. The fourth-order valence-electron chi connectivity index (χ4n) is 2.96. The van der Waals surface area contributed by atoms with Crippen LogP contribution in [-0.2, 0) is 9.53 Å². The molecule has 2 aliphatic heterocycles. The second-order valence-corrected chi connectivity index (χ2v) is 5.43. The fraction of sp³-hybridized carbons (Fsp3) is 0.312. The summed E-state index contributed by atoms with van der Waals surface area (Å²) in [4.78, 5) is 16.7. The zero-order chi connectivity index (χ0) is 16.7. The summed E-state index contributed by atoms with van der Waals surface area (Å²) >= 11 is 0. The lowest BCUT2D eigenvalue weighted by Crippen LogP contribution is -2.29. The van der Waals surface area contributed by atoms with Crippen LogP contribution < -0.4 is 14.8 Å². The number of esters is 1. The minimum atomic E-state index is -0.447. The van der Waals surface area contributed by atoms with E-state index in [0.29, 0.717) is 35.3 Å². The number of nitrogens with zero attached hydrogens (tertiary/aromatic N) is 3. The van der Waals surface area contributed by atoms with Gasteiger partial charge < -0.3 is 19.5 Å². The second kappa shape index (κ2) is 5.55. The summed E-state index contributed by atoms with van der Waals surface area (Å²) < 4.78 is 17.7. The van der Waals surface area contributed by atoms with Gasteiger partial charge in [0.05, 0.1) is 12.2 Å². The van der Waals surface area contributed by atoms with Gasteiger partial charge >= 0.3 is 5.97 Å². The first-order valence-corrected chi connectivity index (χ1v) is 7.63. The van der Waals surface area contributed by atoms with E-state index < -0.39 is 6.04 Å². The molecular weight excluding hydrogens is 312 g/mol. The Hall–Kier alpha value is -3.03. The van der Waals surface area contributed by atoms with E-state index in [0.717, 1.165) is 5.56 Å². The van der Waals surface area contributed by atoms with Crippen molar-refractivity contribution in [2.45, 2.75) is 19.9 Å². The molecule has 1 atom stereocenters. The Balaban J connectivity index is 1.84. The number of nitrogens with one attached hydrogen (secondary N) is 1. The van der Waals surface area contributed by atoms with Gasteiger partial charge in [-0.1, -0.05) is 6.07 Å². The molecule has 1 aromatic heterocycles. The molecule has 1 N–H and O–H groups in total. The number of aromatic nitrogens is 3. The van der Waals surface area contributed by atoms with Crippen molar-refractivity contribution >= 4 is 11.9 Å². The Bertz CT molecular complexity index is 842. The molecule has 0 unspecified atom stereocenters. The van der Waals surface area contributed by atoms with Gasteiger partial charge in [-0.3, -0.25) is 0 Å². The van der Waals surface area contributed by atoms with E-state index in [-0.39, 0.29) is 12.8 Å². The first kappa shape index (κ1) is 14.6. The van der Waals surface area contributed by atoms with E-state index in [9.17, 15) is 4.79 Å². The van der Waals surface area contributed by atoms with Crippen LogP contribution in [0.4, 0.5) is 5.95 Å². The average molecular weight is 328 g/mol. The van der Waals surface area contributed by atoms with Crippen LogP contribution in [-0.4, -0.2) is 34.1 Å². The van der Waals surface area contributed by atoms with Crippen LogP contribution >= 0.6 is 0 Å². The predicted molar refractivity (Wildman–Crippen MR) is 83.7 cm³/mol. The van der Waals surface area contributed by atoms with Crippen molar-refractivity contribution in [2.24, 2.45) is 0 Å². The van der Waals surface area contributed by atoms with E-state index in [4.69, 9.17) is 14.2 Å². The standard InChI is InChI=1S/C16H16N4O4/c1-3-22-15(21)13-9(2)19-16-17-7-18-20(16)14(13)10-4-5-11-12(6-10)24-8-23-11/h4-7,14H,3,8H2,1-2H3,(H,17,18,19)/t14-/m1/s1. The monoisotopic (exact) mass is 328 g/mol. The van der Waals surface area contributed by atoms with Crippen molar-refractivity contribution in [3.8, 4) is 11.5 Å². The number of fused-ring (bicyclic) bond motifs is 2. The Kier molecular flexibility index (Phi) is 3.37. The second-order valence-electron chi connectivity index (χ2n) is 5.43. The summed E-state index contributed by atoms with van der Waals surface area (Å²) in [6, 6.07) is 5.13. The van der Waals surface area contributed by atoms with Crippen LogP contribution in [0.3, 0.4) is 0 Å². The third kappa shape index (κ3) is 2.18. The molecule has 0 spiro atoms. The number of hydrogen-bond donors (Lipinski definition) is 1. The van der Waals surface area contributed by atoms with Gasteiger partial charge in [-0.2, -0.15) is 10.1 Å². The van der Waals surface area contributed by atoms with Gasteiger partial charge in [0.15, 0.2) is 11.5 Å². The van der Waals surface area contributed by atoms with Crippen LogP contribution in [0, 0.1) is 0 Å². The summed E-state index contributed by atoms with van der Waals surface area (Å²) in [6.45, 7) is 4.10. The van der Waals surface area contributed by atoms with Gasteiger partial charge in [-0.15, -0.1) is 0 Å². The SMILES string of the molecule is CCOC(=O)C1=C(C)Nc2ncnn2[C@@H]1c1ccc2c(c1)OCO2. The molecule has 8 heteroatoms. The molecule has 0 aliphatic carbocycles. The number of ether oxygens (including phenoxy) is 3. The summed E-state index contributed by atoms with van der Waals surface area (Å²) in [5.41, 5.74) is 2.03. The first-order chi connectivity index (χ1) is 11.7. The van der Waals surface area contributed by atoms with Gasteiger partial charge in [-0.05, 0) is 31.5 Å². The maximum Gasteiger partial charge on any atom is 0.338 e. The number of allylic oxidation sites excluding steroid dienone is 1. The van der Waals surface area contributed by atoms with Crippen molar-refractivity contribution < 1.29 is 19.0 Å². The lowest BCUT2D eigenvalue weighted by Gasteiger charge is -2.28. The Morgan fingerprint density at radius 3 is 3.08 bits per heavy atom. The van der Waals surface area contributed by atoms with Crippen LogP contribution in [0.2, 0.25) is 0 Å². The molecule has 1 aromatic carbocycles. The van der Waals surface area contributed by atoms with Crippen molar-refractivity contribution in [1.82, 2.24) is 14.8 Å². The lowest BCUT2D eigenvalue weighted by atomic mass is 9.95. The molecule has 4 rings (SSSR count). The molecule has 24 heavy (non-hydrogen) atoms. The third-order valence-corrected chi connectivity index (χ3v) is 4.00. The predicted octanol–water partition coefficient (Wildman–Crippen LogP) is 1.86. The zero-order valence-electron chi connectivity index (χ0n) is 13.3. The average Bonchev–Trinajstić information content (AvgIpc) is 3.21. The van der Waals surface area contributed by atoms with Crippen molar-refractivity contribution in [3.05, 3.63) is 41.4 Å². The molecule has 0 saturated carbocycles. The highest BCUT2D eigenvalue weighted by Crippen LogP contribution is 2.40. The summed E-state index contributed by atoms with van der Waals surface area (Å²) in [6.07, 6.45) is 1.45. The van der Waals surface area contributed by atoms with E-state index >= 15 is 0 Å². The molecule has 0 radical (unpaired) electrons. The minimum absolute atomic E-state index is 0.194. The van der Waals surface area contributed by atoms with Crippen molar-refractivity contribution in [3.63, 3.8) is 0 Å². The molecule has 2 aromatic rings. The van der Waals surface area contributed by atoms with Crippen LogP contribution in [0.1, 0.15) is 25.5 Å². The van der Waals surface area contributed by atoms with Crippen LogP contribution in [0.15, 0.2) is 35.8 Å². The fourth-order valence-corrected chi connectivity index (χ4v) is 2.96. The molecular formula is C16H16N4O4. The molecule has 0 fully saturated rings. The Morgan fingerprint density at radius 1 is 1.42 bits per heavy atom. The molecule has 0 bridgehead atoms. The first-order valence-electron chi connectivity index (χ1n) is 7.63. The van der Waals surface area contributed by atoms with Gasteiger partial charge in [0.1, 0.15) is 12.4 Å². The van der Waals surface area contributed by atoms with Gasteiger partial charge in [0.25, 0.3) is 0 Å². The quantitative estimate of drug-likeness (QED) is 0.860. The number of carbonyl (C=O) groups excluding carboxylic acids is 1. The zero-order valence-corrected chi connectivity index (χ0v) is 13.3. The smallest absolute Gasteiger partial charge is 0.338 e. The molecule has 8 nitrogen and oxygen atoms in total. The number of hydrogen-bond acceptors (Lipinski definition) is 7. The molecule has 2 aliphatic rings. The highest BCUT2D eigenvalue weighted by molar-refractivity contribution is 5.92. The molecule has 0 saturated heterocycles. The van der Waals surface area contributed by atoms with E-state index in [1.807, 2.05) is 25.1 Å². The van der Waals surface area contributed by atoms with E-state index in [1.54, 1.807) is 11.6 Å². The summed E-state index contributed by atoms with van der Waals surface area (Å²) in [5, 5.41) is 7.36. The van der Waals surface area contributed by atoms with Gasteiger partial charge in [0, 0.05) is 5.70 Å². The van der Waals surface area contributed by atoms with Crippen molar-refractivity contribution in [1.29, 1.82) is 0 Å². The van der Waals surface area contributed by atoms with Crippen LogP contribution in [0.25, 0.3) is 0 Å². The number of rotatable bonds is 3. The molecule has 124 valence electrons. The molecule has 0 amide bonds. The summed E-state index contributed by atoms with van der Waals surface area (Å²) in [5.74, 6) is 1.52. The highest BCUT2D eigenvalue weighted by Gasteiger charge is 2.35. The highest BCUT2D eigenvalue weighted by atomic mass is 16.7. The maximum absolute atomic E-state index is 12.5. The maximum atomic E-state index is 12.5. The van der Waals surface area contributed by atoms with Crippen LogP contribution in [0.5, 0.6) is 11.5 Å². The summed E-state index contributed by atoms with van der Waals surface area (Å²) in [7, 11) is 0. The van der Waals surface area contributed by atoms with Gasteiger partial charge in [0.2, 0.25) is 12.7 Å². The molecule has 3 heterocycles. The van der Waals surface area contributed by atoms with Gasteiger partial charge in [-0.25, -0.2) is 9.48 Å². The normalized spacial score (nSPS) is 18.2. The largest absolute Gasteiger partial charge is 0.463 e. The Morgan fingerprint density at radius 2 is 2.25 bits per heavy atom. The Labute approximate surface area is 138 Å². The third-order valence-electron chi connectivity index (χ3n) is 4.00. The lowest BCUT2D eigenvalue weighted by molar-refractivity contribution is -0.139.